The van der Waals surface area contributed by atoms with Crippen molar-refractivity contribution in [3.8, 4) is 0 Å². The number of carbonyl (C=O) groups is 2. The second kappa shape index (κ2) is 8.10. The van der Waals surface area contributed by atoms with E-state index in [4.69, 9.17) is 0 Å². The normalized spacial score (nSPS) is 15.7. The van der Waals surface area contributed by atoms with Crippen LogP contribution in [0.15, 0.2) is 54.6 Å². The van der Waals surface area contributed by atoms with Crippen LogP contribution in [-0.2, 0) is 6.54 Å². The lowest BCUT2D eigenvalue weighted by atomic mass is 10.0. The number of carbonyl (C=O) groups excluding carboxylic acids is 2. The molecule has 0 bridgehead atoms. The Morgan fingerprint density at radius 3 is 2.37 bits per heavy atom. The maximum atomic E-state index is 13.3. The van der Waals surface area contributed by atoms with E-state index in [-0.39, 0.29) is 23.7 Å². The van der Waals surface area contributed by atoms with E-state index in [2.05, 4.69) is 29.4 Å². The molecule has 30 heavy (non-hydrogen) atoms. The minimum absolute atomic E-state index is 0.0537. The molecule has 1 aliphatic heterocycles. The first kappa shape index (κ1) is 19.8. The standard InChI is InChI=1S/C23H25N5O2/c1-15(2)16-9-11-18(12-10-16)23(30)27-13-19(17-7-5-4-6-8-17)28-20(14-27)25-26-21(28)22(29)24-3/h4-12,15,19H,13-14H2,1-3H3,(H,24,29). The number of hydrogen-bond donors (Lipinski definition) is 1. The first-order valence-electron chi connectivity index (χ1n) is 10.1. The van der Waals surface area contributed by atoms with Crippen LogP contribution in [0.4, 0.5) is 0 Å². The number of aromatic nitrogens is 3. The van der Waals surface area contributed by atoms with Crippen molar-refractivity contribution in [1.29, 1.82) is 0 Å². The number of nitrogens with one attached hydrogen (secondary N) is 1. The zero-order valence-corrected chi connectivity index (χ0v) is 17.4. The third-order valence-corrected chi connectivity index (χ3v) is 5.53. The molecule has 4 rings (SSSR count). The summed E-state index contributed by atoms with van der Waals surface area (Å²) in [6.45, 7) is 4.99. The fraction of sp³-hybridized carbons (Fsp3) is 0.304. The molecule has 0 fully saturated rings. The fourth-order valence-corrected chi connectivity index (χ4v) is 3.83. The molecule has 7 nitrogen and oxygen atoms in total. The van der Waals surface area contributed by atoms with Gasteiger partial charge in [-0.05, 0) is 29.2 Å². The average Bonchev–Trinajstić information content (AvgIpc) is 3.22. The fourth-order valence-electron chi connectivity index (χ4n) is 3.83. The van der Waals surface area contributed by atoms with Crippen LogP contribution < -0.4 is 5.32 Å². The minimum atomic E-state index is -0.293. The van der Waals surface area contributed by atoms with Crippen LogP contribution in [0.3, 0.4) is 0 Å². The van der Waals surface area contributed by atoms with Gasteiger partial charge in [0.15, 0.2) is 5.82 Å². The summed E-state index contributed by atoms with van der Waals surface area (Å²) in [7, 11) is 1.57. The summed E-state index contributed by atoms with van der Waals surface area (Å²) in [6.07, 6.45) is 0. The molecular formula is C23H25N5O2. The molecule has 0 radical (unpaired) electrons. The monoisotopic (exact) mass is 403 g/mol. The van der Waals surface area contributed by atoms with E-state index in [0.717, 1.165) is 5.56 Å². The van der Waals surface area contributed by atoms with Crippen LogP contribution in [-0.4, -0.2) is 45.1 Å². The maximum Gasteiger partial charge on any atom is 0.289 e. The zero-order chi connectivity index (χ0) is 21.3. The van der Waals surface area contributed by atoms with Crippen molar-refractivity contribution in [1.82, 2.24) is 25.0 Å². The Balaban J connectivity index is 1.70. The Hall–Kier alpha value is -3.48. The van der Waals surface area contributed by atoms with Gasteiger partial charge in [-0.2, -0.15) is 0 Å². The van der Waals surface area contributed by atoms with Gasteiger partial charge < -0.3 is 10.2 Å². The molecule has 0 saturated heterocycles. The average molecular weight is 403 g/mol. The lowest BCUT2D eigenvalue weighted by Crippen LogP contribution is -2.42. The van der Waals surface area contributed by atoms with Gasteiger partial charge in [0.2, 0.25) is 5.82 Å². The van der Waals surface area contributed by atoms with E-state index in [1.165, 1.54) is 5.56 Å². The Morgan fingerprint density at radius 2 is 1.73 bits per heavy atom. The first-order valence-corrected chi connectivity index (χ1v) is 10.1. The van der Waals surface area contributed by atoms with Crippen LogP contribution in [0, 0.1) is 0 Å². The van der Waals surface area contributed by atoms with E-state index in [0.29, 0.717) is 30.4 Å². The van der Waals surface area contributed by atoms with Gasteiger partial charge in [-0.1, -0.05) is 56.3 Å². The summed E-state index contributed by atoms with van der Waals surface area (Å²) < 4.78 is 1.85. The second-order valence-corrected chi connectivity index (χ2v) is 7.78. The SMILES string of the molecule is CNC(=O)c1nnc2n1C(c1ccccc1)CN(C(=O)c1ccc(C(C)C)cc1)C2. The Bertz CT molecular complexity index is 1060. The van der Waals surface area contributed by atoms with Crippen molar-refractivity contribution in [2.75, 3.05) is 13.6 Å². The van der Waals surface area contributed by atoms with E-state index in [1.807, 2.05) is 59.2 Å². The molecule has 1 N–H and O–H groups in total. The molecule has 1 aliphatic rings. The molecule has 0 aliphatic carbocycles. The largest absolute Gasteiger partial charge is 0.352 e. The summed E-state index contributed by atoms with van der Waals surface area (Å²) in [6, 6.07) is 17.4. The second-order valence-electron chi connectivity index (χ2n) is 7.78. The highest BCUT2D eigenvalue weighted by molar-refractivity contribution is 5.94. The van der Waals surface area contributed by atoms with Crippen molar-refractivity contribution in [2.45, 2.75) is 32.4 Å². The van der Waals surface area contributed by atoms with Crippen LogP contribution >= 0.6 is 0 Å². The molecule has 0 spiro atoms. The van der Waals surface area contributed by atoms with Crippen molar-refractivity contribution in [3.63, 3.8) is 0 Å². The van der Waals surface area contributed by atoms with Crippen molar-refractivity contribution < 1.29 is 9.59 Å². The number of fused-ring (bicyclic) bond motifs is 1. The van der Waals surface area contributed by atoms with E-state index < -0.39 is 0 Å². The molecule has 154 valence electrons. The van der Waals surface area contributed by atoms with Gasteiger partial charge in [-0.25, -0.2) is 0 Å². The molecule has 2 amide bonds. The molecule has 0 saturated carbocycles. The number of rotatable bonds is 4. The number of benzene rings is 2. The molecule has 1 unspecified atom stereocenters. The number of amides is 2. The van der Waals surface area contributed by atoms with Gasteiger partial charge in [-0.15, -0.1) is 10.2 Å². The highest BCUT2D eigenvalue weighted by Gasteiger charge is 2.34. The Morgan fingerprint density at radius 1 is 1.03 bits per heavy atom. The summed E-state index contributed by atoms with van der Waals surface area (Å²) in [5.41, 5.74) is 2.84. The highest BCUT2D eigenvalue weighted by atomic mass is 16.2. The van der Waals surface area contributed by atoms with Crippen LogP contribution in [0.25, 0.3) is 0 Å². The molecule has 7 heteroatoms. The first-order chi connectivity index (χ1) is 14.5. The molecule has 3 aromatic rings. The van der Waals surface area contributed by atoms with Crippen LogP contribution in [0.2, 0.25) is 0 Å². The van der Waals surface area contributed by atoms with E-state index >= 15 is 0 Å². The van der Waals surface area contributed by atoms with Crippen molar-refractivity contribution >= 4 is 11.8 Å². The maximum absolute atomic E-state index is 13.3. The van der Waals surface area contributed by atoms with Crippen LogP contribution in [0.5, 0.6) is 0 Å². The Labute approximate surface area is 175 Å². The van der Waals surface area contributed by atoms with Gasteiger partial charge in [0.25, 0.3) is 11.8 Å². The summed E-state index contributed by atoms with van der Waals surface area (Å²) in [5.74, 6) is 0.921. The van der Waals surface area contributed by atoms with Crippen LogP contribution in [0.1, 0.15) is 63.7 Å². The number of nitrogens with zero attached hydrogens (tertiary/aromatic N) is 4. The zero-order valence-electron chi connectivity index (χ0n) is 17.4. The van der Waals surface area contributed by atoms with E-state index in [9.17, 15) is 9.59 Å². The van der Waals surface area contributed by atoms with Gasteiger partial charge in [0.1, 0.15) is 0 Å². The van der Waals surface area contributed by atoms with Gasteiger partial charge >= 0.3 is 0 Å². The minimum Gasteiger partial charge on any atom is -0.352 e. The lowest BCUT2D eigenvalue weighted by Gasteiger charge is -2.34. The molecule has 1 aromatic heterocycles. The highest BCUT2D eigenvalue weighted by Crippen LogP contribution is 2.29. The lowest BCUT2D eigenvalue weighted by molar-refractivity contribution is 0.0687. The Kier molecular flexibility index (Phi) is 5.35. The summed E-state index contributed by atoms with van der Waals surface area (Å²) in [4.78, 5) is 27.4. The van der Waals surface area contributed by atoms with Crippen molar-refractivity contribution in [2.24, 2.45) is 0 Å². The number of hydrogen-bond acceptors (Lipinski definition) is 4. The molecular weight excluding hydrogens is 378 g/mol. The van der Waals surface area contributed by atoms with E-state index in [1.54, 1.807) is 11.9 Å². The molecule has 1 atom stereocenters. The third-order valence-electron chi connectivity index (χ3n) is 5.53. The third kappa shape index (κ3) is 3.58. The predicted octanol–water partition coefficient (Wildman–Crippen LogP) is 3.01. The molecule has 2 heterocycles. The van der Waals surface area contributed by atoms with Crippen molar-refractivity contribution in [3.05, 3.63) is 82.9 Å². The van der Waals surface area contributed by atoms with Gasteiger partial charge in [0, 0.05) is 19.2 Å². The quantitative estimate of drug-likeness (QED) is 0.726. The smallest absolute Gasteiger partial charge is 0.289 e. The van der Waals surface area contributed by atoms with Gasteiger partial charge in [-0.3, -0.25) is 14.2 Å². The topological polar surface area (TPSA) is 80.1 Å². The summed E-state index contributed by atoms with van der Waals surface area (Å²) >= 11 is 0. The predicted molar refractivity (Wildman–Crippen MR) is 113 cm³/mol. The van der Waals surface area contributed by atoms with Gasteiger partial charge in [0.05, 0.1) is 12.6 Å². The summed E-state index contributed by atoms with van der Waals surface area (Å²) in [5, 5.41) is 10.9. The molecule has 2 aromatic carbocycles.